The van der Waals surface area contributed by atoms with Crippen LogP contribution in [0.1, 0.15) is 11.1 Å². The largest absolute Gasteiger partial charge is 0.496 e. The molecule has 0 amide bonds. The van der Waals surface area contributed by atoms with E-state index in [1.165, 1.54) is 6.21 Å². The van der Waals surface area contributed by atoms with Crippen molar-refractivity contribution in [3.63, 3.8) is 0 Å². The molecule has 2 N–H and O–H groups in total. The van der Waals surface area contributed by atoms with Gasteiger partial charge in [-0.3, -0.25) is 0 Å². The van der Waals surface area contributed by atoms with E-state index in [9.17, 15) is 0 Å². The highest BCUT2D eigenvalue weighted by Crippen LogP contribution is 2.26. The lowest BCUT2D eigenvalue weighted by Gasteiger charge is -2.09. The molecule has 1 aromatic carbocycles. The molecule has 0 fully saturated rings. The van der Waals surface area contributed by atoms with Crippen molar-refractivity contribution in [2.75, 3.05) is 14.2 Å². The molecule has 0 aromatic heterocycles. The Bertz CT molecular complexity index is 348. The minimum Gasteiger partial charge on any atom is -0.496 e. The van der Waals surface area contributed by atoms with Crippen molar-refractivity contribution in [1.82, 2.24) is 0 Å². The van der Waals surface area contributed by atoms with Crippen LogP contribution in [0.25, 0.3) is 0 Å². The molecule has 0 saturated carbocycles. The molecular formula is C10H14N2O2. The second kappa shape index (κ2) is 4.50. The zero-order chi connectivity index (χ0) is 10.6. The van der Waals surface area contributed by atoms with Crippen LogP contribution in [0.15, 0.2) is 17.2 Å². The maximum Gasteiger partial charge on any atom is 0.128 e. The monoisotopic (exact) mass is 194 g/mol. The summed E-state index contributed by atoms with van der Waals surface area (Å²) in [6.45, 7) is 1.95. The molecule has 1 aromatic rings. The Morgan fingerprint density at radius 2 is 1.86 bits per heavy atom. The van der Waals surface area contributed by atoms with Crippen molar-refractivity contribution in [3.05, 3.63) is 23.3 Å². The van der Waals surface area contributed by atoms with E-state index in [1.54, 1.807) is 14.2 Å². The van der Waals surface area contributed by atoms with Gasteiger partial charge in [-0.15, -0.1) is 0 Å². The van der Waals surface area contributed by atoms with Gasteiger partial charge < -0.3 is 15.3 Å². The van der Waals surface area contributed by atoms with E-state index in [2.05, 4.69) is 5.10 Å². The van der Waals surface area contributed by atoms with E-state index in [4.69, 9.17) is 15.3 Å². The van der Waals surface area contributed by atoms with Gasteiger partial charge in [0.2, 0.25) is 0 Å². The molecule has 0 aliphatic carbocycles. The predicted octanol–water partition coefficient (Wildman–Crippen LogP) is 1.30. The van der Waals surface area contributed by atoms with Crippen LogP contribution < -0.4 is 15.3 Å². The maximum atomic E-state index is 5.18. The van der Waals surface area contributed by atoms with E-state index in [-0.39, 0.29) is 0 Å². The summed E-state index contributed by atoms with van der Waals surface area (Å²) >= 11 is 0. The van der Waals surface area contributed by atoms with Crippen LogP contribution in [-0.2, 0) is 0 Å². The third-order valence-electron chi connectivity index (χ3n) is 1.96. The Balaban J connectivity index is 3.24. The van der Waals surface area contributed by atoms with Crippen LogP contribution in [0.5, 0.6) is 11.5 Å². The van der Waals surface area contributed by atoms with E-state index in [0.717, 1.165) is 22.6 Å². The lowest BCUT2D eigenvalue weighted by Crippen LogP contribution is -1.96. The standard InChI is InChI=1S/C10H14N2O2/c1-7-4-10(14-3)8(6-12-11)5-9(7)13-2/h4-6H,11H2,1-3H3. The first-order valence-electron chi connectivity index (χ1n) is 4.18. The highest BCUT2D eigenvalue weighted by molar-refractivity contribution is 5.84. The van der Waals surface area contributed by atoms with Crippen molar-refractivity contribution in [2.45, 2.75) is 6.92 Å². The molecule has 76 valence electrons. The van der Waals surface area contributed by atoms with Crippen LogP contribution in [-0.4, -0.2) is 20.4 Å². The van der Waals surface area contributed by atoms with Gasteiger partial charge in [0.05, 0.1) is 20.4 Å². The normalized spacial score (nSPS) is 10.5. The van der Waals surface area contributed by atoms with E-state index >= 15 is 0 Å². The molecule has 4 nitrogen and oxygen atoms in total. The van der Waals surface area contributed by atoms with Gasteiger partial charge in [-0.25, -0.2) is 0 Å². The van der Waals surface area contributed by atoms with Crippen LogP contribution >= 0.6 is 0 Å². The summed E-state index contributed by atoms with van der Waals surface area (Å²) in [7, 11) is 3.23. The lowest BCUT2D eigenvalue weighted by atomic mass is 10.1. The topological polar surface area (TPSA) is 56.8 Å². The molecular weight excluding hydrogens is 180 g/mol. The van der Waals surface area contributed by atoms with E-state index < -0.39 is 0 Å². The number of aryl methyl sites for hydroxylation is 1. The van der Waals surface area contributed by atoms with Crippen LogP contribution in [0.4, 0.5) is 0 Å². The Morgan fingerprint density at radius 3 is 2.36 bits per heavy atom. The van der Waals surface area contributed by atoms with Gasteiger partial charge in [-0.2, -0.15) is 5.10 Å². The summed E-state index contributed by atoms with van der Waals surface area (Å²) in [5, 5.41) is 3.46. The van der Waals surface area contributed by atoms with E-state index in [1.807, 2.05) is 19.1 Å². The van der Waals surface area contributed by atoms with Crippen molar-refractivity contribution in [1.29, 1.82) is 0 Å². The van der Waals surface area contributed by atoms with E-state index in [0.29, 0.717) is 0 Å². The Kier molecular flexibility index (Phi) is 3.34. The molecule has 0 bridgehead atoms. The summed E-state index contributed by atoms with van der Waals surface area (Å²) in [6.07, 6.45) is 1.53. The number of ether oxygens (including phenoxy) is 2. The second-order valence-corrected chi connectivity index (χ2v) is 2.84. The summed E-state index contributed by atoms with van der Waals surface area (Å²) in [5.41, 5.74) is 1.82. The van der Waals surface area contributed by atoms with Gasteiger partial charge >= 0.3 is 0 Å². The quantitative estimate of drug-likeness (QED) is 0.448. The molecule has 4 heteroatoms. The summed E-state index contributed by atoms with van der Waals surface area (Å²) in [5.74, 6) is 6.61. The number of hydrogen-bond acceptors (Lipinski definition) is 4. The Labute approximate surface area is 83.3 Å². The van der Waals surface area contributed by atoms with Crippen molar-refractivity contribution in [3.8, 4) is 11.5 Å². The molecule has 0 aliphatic heterocycles. The number of hydrogen-bond donors (Lipinski definition) is 1. The zero-order valence-electron chi connectivity index (χ0n) is 8.57. The molecule has 0 radical (unpaired) electrons. The van der Waals surface area contributed by atoms with Gasteiger partial charge in [0, 0.05) is 5.56 Å². The summed E-state index contributed by atoms with van der Waals surface area (Å²) < 4.78 is 10.3. The predicted molar refractivity (Wildman–Crippen MR) is 56.1 cm³/mol. The SMILES string of the molecule is COc1cc(C=NN)c(OC)cc1C. The first-order valence-corrected chi connectivity index (χ1v) is 4.18. The second-order valence-electron chi connectivity index (χ2n) is 2.84. The highest BCUT2D eigenvalue weighted by Gasteiger charge is 2.06. The number of rotatable bonds is 3. The number of nitrogens with zero attached hydrogens (tertiary/aromatic N) is 1. The molecule has 0 saturated heterocycles. The number of methoxy groups -OCH3 is 2. The molecule has 0 spiro atoms. The van der Waals surface area contributed by atoms with Gasteiger partial charge in [0.1, 0.15) is 11.5 Å². The van der Waals surface area contributed by atoms with Crippen LogP contribution in [0, 0.1) is 6.92 Å². The Morgan fingerprint density at radius 1 is 1.21 bits per heavy atom. The van der Waals surface area contributed by atoms with Crippen LogP contribution in [0.3, 0.4) is 0 Å². The number of nitrogens with two attached hydrogens (primary N) is 1. The molecule has 0 unspecified atom stereocenters. The van der Waals surface area contributed by atoms with Crippen molar-refractivity contribution < 1.29 is 9.47 Å². The molecule has 0 heterocycles. The third-order valence-corrected chi connectivity index (χ3v) is 1.96. The first kappa shape index (κ1) is 10.4. The molecule has 0 aliphatic rings. The van der Waals surface area contributed by atoms with Crippen LogP contribution in [0.2, 0.25) is 0 Å². The maximum absolute atomic E-state index is 5.18. The smallest absolute Gasteiger partial charge is 0.128 e. The van der Waals surface area contributed by atoms with Gasteiger partial charge in [-0.1, -0.05) is 0 Å². The Hall–Kier alpha value is -1.71. The van der Waals surface area contributed by atoms with Crippen molar-refractivity contribution >= 4 is 6.21 Å². The summed E-state index contributed by atoms with van der Waals surface area (Å²) in [4.78, 5) is 0. The van der Waals surface area contributed by atoms with Crippen molar-refractivity contribution in [2.24, 2.45) is 10.9 Å². The summed E-state index contributed by atoms with van der Waals surface area (Å²) in [6, 6.07) is 3.72. The fraction of sp³-hybridized carbons (Fsp3) is 0.300. The minimum absolute atomic E-state index is 0.734. The average Bonchev–Trinajstić information content (AvgIpc) is 2.20. The minimum atomic E-state index is 0.734. The fourth-order valence-corrected chi connectivity index (χ4v) is 1.26. The van der Waals surface area contributed by atoms with Gasteiger partial charge in [-0.05, 0) is 24.6 Å². The zero-order valence-corrected chi connectivity index (χ0v) is 8.57. The lowest BCUT2D eigenvalue weighted by molar-refractivity contribution is 0.400. The fourth-order valence-electron chi connectivity index (χ4n) is 1.26. The molecule has 14 heavy (non-hydrogen) atoms. The number of hydrazone groups is 1. The number of benzene rings is 1. The van der Waals surface area contributed by atoms with Gasteiger partial charge in [0.25, 0.3) is 0 Å². The molecule has 0 atom stereocenters. The third kappa shape index (κ3) is 1.96. The van der Waals surface area contributed by atoms with Gasteiger partial charge in [0.15, 0.2) is 0 Å². The average molecular weight is 194 g/mol. The highest BCUT2D eigenvalue weighted by atomic mass is 16.5. The molecule has 1 rings (SSSR count). The first-order chi connectivity index (χ1) is 6.72.